The van der Waals surface area contributed by atoms with Crippen LogP contribution in [0.1, 0.15) is 6.23 Å². The second-order valence-corrected chi connectivity index (χ2v) is 15.0. The molecule has 3 aromatic rings. The number of hydrogen-bond donors (Lipinski definition) is 10. The van der Waals surface area contributed by atoms with Gasteiger partial charge in [-0.25, -0.2) is 14.1 Å². The molecule has 0 saturated carbocycles. The van der Waals surface area contributed by atoms with Gasteiger partial charge in [0.2, 0.25) is 11.9 Å². The number of ether oxygens (including phenoxy) is 3. The minimum absolute atomic E-state index is 0.0399. The highest BCUT2D eigenvalue weighted by molar-refractivity contribution is 7.47. The van der Waals surface area contributed by atoms with Crippen molar-refractivity contribution < 1.29 is 71.6 Å². The number of nitrogens with two attached hydrogens (primary N) is 2. The van der Waals surface area contributed by atoms with Gasteiger partial charge in [-0.1, -0.05) is 0 Å². The van der Waals surface area contributed by atoms with E-state index in [1.165, 1.54) is 9.80 Å². The number of phosphoric ester groups is 2. The summed E-state index contributed by atoms with van der Waals surface area (Å²) in [6, 6.07) is 0. The van der Waals surface area contributed by atoms with Gasteiger partial charge in [0.1, 0.15) is 42.3 Å². The molecule has 0 bridgehead atoms. The molecule has 2 saturated heterocycles. The number of hydrogen-bond acceptors (Lipinski definition) is 22. The molecule has 0 aliphatic carbocycles. The van der Waals surface area contributed by atoms with Gasteiger partial charge in [0.05, 0.1) is 52.6 Å². The van der Waals surface area contributed by atoms with Crippen molar-refractivity contribution in [2.75, 3.05) is 74.6 Å². The highest BCUT2D eigenvalue weighted by Gasteiger charge is 2.49. The number of nitrogens with zero attached hydrogens (tertiary/aromatic N) is 6. The number of aliphatic hydroxyl groups excluding tert-OH is 4. The van der Waals surface area contributed by atoms with Gasteiger partial charge in [-0.3, -0.25) is 42.2 Å². The predicted octanol–water partition coefficient (Wildman–Crippen LogP) is -4.37. The zero-order valence-corrected chi connectivity index (χ0v) is 29.8. The lowest BCUT2D eigenvalue weighted by molar-refractivity contribution is -0.0519. The van der Waals surface area contributed by atoms with Crippen LogP contribution in [0.4, 0.5) is 23.4 Å². The molecule has 2 unspecified atom stereocenters. The van der Waals surface area contributed by atoms with Crippen molar-refractivity contribution >= 4 is 50.2 Å². The van der Waals surface area contributed by atoms with Gasteiger partial charge in [0.25, 0.3) is 11.1 Å². The highest BCUT2D eigenvalue weighted by atomic mass is 31.2. The number of nitrogen functional groups attached to an aromatic ring is 2. The fourth-order valence-electron chi connectivity index (χ4n) is 5.87. The van der Waals surface area contributed by atoms with Gasteiger partial charge in [-0.15, -0.1) is 0 Å². The first-order valence-electron chi connectivity index (χ1n) is 15.9. The van der Waals surface area contributed by atoms with Crippen molar-refractivity contribution in [1.29, 1.82) is 0 Å². The molecule has 29 heteroatoms. The summed E-state index contributed by atoms with van der Waals surface area (Å²) in [7, 11) is -7.86. The SMILES string of the molecule is CN1CN([C@@H]2O[C@H](COP(=O)(O)OCCOCCOP(=O)(O)OC[C@H]3O[C@@H](n4cnc5c(=O)[nH]c(N)nc54)[C@H](O)[C@@H]3O)[C@@H](O)[C@H]2O)c2nc(N)[nH]c(=O)c21. The Balaban J connectivity index is 0.880. The van der Waals surface area contributed by atoms with Crippen LogP contribution in [0.2, 0.25) is 0 Å². The Kier molecular flexibility index (Phi) is 11.8. The second kappa shape index (κ2) is 15.8. The van der Waals surface area contributed by atoms with Crippen molar-refractivity contribution in [2.45, 2.75) is 49.1 Å². The van der Waals surface area contributed by atoms with Gasteiger partial charge in [0.15, 0.2) is 29.4 Å². The molecule has 10 atom stereocenters. The maximum Gasteiger partial charge on any atom is 0.472 e. The Labute approximate surface area is 302 Å². The van der Waals surface area contributed by atoms with E-state index in [2.05, 4.69) is 24.9 Å². The summed E-state index contributed by atoms with van der Waals surface area (Å²) in [6.45, 7) is -2.91. The fourth-order valence-corrected chi connectivity index (χ4v) is 7.30. The van der Waals surface area contributed by atoms with E-state index in [1.54, 1.807) is 7.05 Å². The summed E-state index contributed by atoms with van der Waals surface area (Å²) in [4.78, 5) is 64.0. The maximum atomic E-state index is 12.4. The number of aliphatic hydroxyl groups is 4. The molecule has 0 radical (unpaired) electrons. The van der Waals surface area contributed by atoms with Crippen LogP contribution >= 0.6 is 15.6 Å². The lowest BCUT2D eigenvalue weighted by Gasteiger charge is -2.27. The van der Waals surface area contributed by atoms with Gasteiger partial charge >= 0.3 is 15.6 Å². The molecule has 300 valence electrons. The quantitative estimate of drug-likeness (QED) is 0.0482. The number of anilines is 4. The number of nitrogens with one attached hydrogen (secondary N) is 2. The van der Waals surface area contributed by atoms with E-state index in [-0.39, 0.29) is 54.4 Å². The Morgan fingerprint density at radius 2 is 1.35 bits per heavy atom. The molecule has 54 heavy (non-hydrogen) atoms. The van der Waals surface area contributed by atoms with Crippen LogP contribution in [0, 0.1) is 0 Å². The van der Waals surface area contributed by atoms with Crippen molar-refractivity contribution in [3.8, 4) is 0 Å². The molecule has 12 N–H and O–H groups in total. The molecule has 27 nitrogen and oxygen atoms in total. The lowest BCUT2D eigenvalue weighted by Crippen LogP contribution is -2.45. The largest absolute Gasteiger partial charge is 0.472 e. The van der Waals surface area contributed by atoms with Crippen LogP contribution < -0.4 is 32.4 Å². The summed E-state index contributed by atoms with van der Waals surface area (Å²) in [6.07, 6.45) is -10.3. The Morgan fingerprint density at radius 3 is 1.96 bits per heavy atom. The van der Waals surface area contributed by atoms with E-state index in [0.717, 1.165) is 10.9 Å². The number of H-pyrrole nitrogens is 2. The first kappa shape index (κ1) is 40.0. The Bertz CT molecular complexity index is 2030. The summed E-state index contributed by atoms with van der Waals surface area (Å²) >= 11 is 0. The topological polar surface area (TPSA) is 388 Å². The van der Waals surface area contributed by atoms with Crippen LogP contribution in [0.25, 0.3) is 11.2 Å². The minimum atomic E-state index is -4.73. The van der Waals surface area contributed by atoms with Gasteiger partial charge in [-0.05, 0) is 0 Å². The van der Waals surface area contributed by atoms with Gasteiger partial charge in [-0.2, -0.15) is 9.97 Å². The van der Waals surface area contributed by atoms with E-state index in [9.17, 15) is 48.9 Å². The number of rotatable bonds is 16. The van der Waals surface area contributed by atoms with Crippen LogP contribution in [0.15, 0.2) is 15.9 Å². The zero-order valence-electron chi connectivity index (χ0n) is 28.1. The summed E-state index contributed by atoms with van der Waals surface area (Å²) in [5.41, 5.74) is 10.1. The molecule has 3 aromatic heterocycles. The molecule has 0 spiro atoms. The average molecular weight is 813 g/mol. The molecule has 3 aliphatic heterocycles. The normalized spacial score (nSPS) is 29.2. The first-order valence-corrected chi connectivity index (χ1v) is 18.9. The summed E-state index contributed by atoms with van der Waals surface area (Å²) in [5.74, 6) is -0.304. The molecular weight excluding hydrogens is 774 g/mol. The van der Waals surface area contributed by atoms with Gasteiger partial charge in [0, 0.05) is 7.05 Å². The molecule has 6 rings (SSSR count). The predicted molar refractivity (Wildman–Crippen MR) is 178 cm³/mol. The third-order valence-electron chi connectivity index (χ3n) is 8.39. The summed E-state index contributed by atoms with van der Waals surface area (Å²) in [5, 5.41) is 42.1. The molecular formula is C25H38N10O17P2. The minimum Gasteiger partial charge on any atom is -0.387 e. The van der Waals surface area contributed by atoms with Crippen LogP contribution in [0.5, 0.6) is 0 Å². The number of aromatic nitrogens is 6. The number of fused-ring (bicyclic) bond motifs is 2. The smallest absolute Gasteiger partial charge is 0.387 e. The van der Waals surface area contributed by atoms with Crippen LogP contribution in [-0.2, 0) is 41.4 Å². The van der Waals surface area contributed by atoms with Crippen molar-refractivity contribution in [2.24, 2.45) is 0 Å². The molecule has 6 heterocycles. The van der Waals surface area contributed by atoms with E-state index in [1.807, 2.05) is 0 Å². The summed E-state index contributed by atoms with van der Waals surface area (Å²) < 4.78 is 61.8. The Morgan fingerprint density at radius 1 is 0.815 bits per heavy atom. The monoisotopic (exact) mass is 812 g/mol. The number of phosphoric acid groups is 2. The standard InChI is InChI=1S/C25H38N10O17P2/c1-33-9-35(19-13(33)21(41)32-25(27)30-19)23-17(39)15(37)11(52-23)7-50-54(44,45)48-5-3-46-2-4-47-53(42,43)49-6-10-14(36)16(38)22(51-10)34-8-28-12-18(34)29-24(26)31-20(12)40/h8,10-11,14-17,22-23,36-39H,2-7,9H2,1H3,(H,42,43)(H,44,45)(H3,26,29,31,40)(H3,27,30,32,41)/t10-,11-,14-,15-,16-,17-,22-,23-/m1/s1. The molecule has 3 aliphatic rings. The molecule has 0 amide bonds. The van der Waals surface area contributed by atoms with Crippen molar-refractivity contribution in [3.63, 3.8) is 0 Å². The van der Waals surface area contributed by atoms with Crippen molar-refractivity contribution in [3.05, 3.63) is 27.0 Å². The number of aromatic amines is 2. The average Bonchev–Trinajstić information content (AvgIpc) is 3.82. The van der Waals surface area contributed by atoms with E-state index in [4.69, 9.17) is 43.8 Å². The van der Waals surface area contributed by atoms with Crippen molar-refractivity contribution in [1.82, 2.24) is 29.5 Å². The van der Waals surface area contributed by atoms with E-state index >= 15 is 0 Å². The highest BCUT2D eigenvalue weighted by Crippen LogP contribution is 2.45. The molecule has 2 fully saturated rings. The number of imidazole rings is 1. The first-order chi connectivity index (χ1) is 25.5. The zero-order chi connectivity index (χ0) is 39.1. The Hall–Kier alpha value is -3.63. The lowest BCUT2D eigenvalue weighted by atomic mass is 10.1. The fraction of sp³-hybridized carbons (Fsp3) is 0.640. The van der Waals surface area contributed by atoms with E-state index in [0.29, 0.717) is 0 Å². The van der Waals surface area contributed by atoms with Gasteiger partial charge < -0.3 is 65.7 Å². The second-order valence-electron chi connectivity index (χ2n) is 12.1. The van der Waals surface area contributed by atoms with Crippen LogP contribution in [-0.4, -0.2) is 156 Å². The maximum absolute atomic E-state index is 12.4. The third-order valence-corrected chi connectivity index (χ3v) is 10.4. The third kappa shape index (κ3) is 8.44. The van der Waals surface area contributed by atoms with E-state index < -0.39 is 102 Å². The van der Waals surface area contributed by atoms with Crippen LogP contribution in [0.3, 0.4) is 0 Å². The molecule has 0 aromatic carbocycles.